The van der Waals surface area contributed by atoms with E-state index in [2.05, 4.69) is 20.8 Å². The second-order valence-corrected chi connectivity index (χ2v) is 8.40. The number of morpholine rings is 1. The van der Waals surface area contributed by atoms with Crippen molar-refractivity contribution in [2.45, 2.75) is 32.9 Å². The van der Waals surface area contributed by atoms with Crippen LogP contribution in [0.25, 0.3) is 0 Å². The minimum absolute atomic E-state index is 0.258. The third kappa shape index (κ3) is 6.41. The van der Waals surface area contributed by atoms with Gasteiger partial charge in [-0.25, -0.2) is 4.79 Å². The highest BCUT2D eigenvalue weighted by atomic mass is 79.9. The van der Waals surface area contributed by atoms with Gasteiger partial charge in [0.2, 0.25) is 0 Å². The maximum Gasteiger partial charge on any atom is 0.410 e. The topological polar surface area (TPSA) is 42.0 Å². The molecule has 1 aromatic rings. The fourth-order valence-corrected chi connectivity index (χ4v) is 3.75. The molecule has 0 spiro atoms. The van der Waals surface area contributed by atoms with Crippen molar-refractivity contribution in [1.82, 2.24) is 9.80 Å². The molecule has 2 heterocycles. The van der Waals surface area contributed by atoms with Crippen molar-refractivity contribution in [1.29, 1.82) is 0 Å². The van der Waals surface area contributed by atoms with E-state index in [0.717, 1.165) is 42.2 Å². The molecule has 1 aliphatic rings. The summed E-state index contributed by atoms with van der Waals surface area (Å²) in [7, 11) is 0. The quantitative estimate of drug-likeness (QED) is 0.751. The first-order valence-corrected chi connectivity index (χ1v) is 9.52. The maximum atomic E-state index is 12.5. The minimum Gasteiger partial charge on any atom is -0.444 e. The van der Waals surface area contributed by atoms with E-state index >= 15 is 0 Å². The van der Waals surface area contributed by atoms with Crippen LogP contribution in [0.5, 0.6) is 0 Å². The van der Waals surface area contributed by atoms with Crippen LogP contribution in [0.2, 0.25) is 0 Å². The van der Waals surface area contributed by atoms with Crippen LogP contribution < -0.4 is 0 Å². The van der Waals surface area contributed by atoms with Crippen molar-refractivity contribution in [3.05, 3.63) is 20.8 Å². The Bertz CT molecular complexity index is 510. The zero-order valence-electron chi connectivity index (χ0n) is 14.0. The summed E-state index contributed by atoms with van der Waals surface area (Å²) in [6.45, 7) is 11.1. The summed E-state index contributed by atoms with van der Waals surface area (Å²) in [4.78, 5) is 17.8. The Morgan fingerprint density at radius 1 is 1.43 bits per heavy atom. The Hall–Kier alpha value is -0.630. The van der Waals surface area contributed by atoms with Gasteiger partial charge in [-0.3, -0.25) is 4.90 Å². The predicted molar refractivity (Wildman–Crippen MR) is 95.9 cm³/mol. The first kappa shape index (κ1) is 18.7. The lowest BCUT2D eigenvalue weighted by atomic mass is 10.2. The number of hydrogen-bond donors (Lipinski definition) is 0. The van der Waals surface area contributed by atoms with E-state index in [-0.39, 0.29) is 6.09 Å². The molecule has 1 aliphatic heterocycles. The average Bonchev–Trinajstić information content (AvgIpc) is 2.88. The number of carbonyl (C=O) groups is 1. The summed E-state index contributed by atoms with van der Waals surface area (Å²) in [5.41, 5.74) is -0.485. The maximum absolute atomic E-state index is 12.5. The van der Waals surface area contributed by atoms with Crippen LogP contribution >= 0.6 is 27.3 Å². The van der Waals surface area contributed by atoms with E-state index in [1.807, 2.05) is 32.2 Å². The molecule has 0 radical (unpaired) electrons. The molecule has 0 unspecified atom stereocenters. The molecule has 1 saturated heterocycles. The number of thiophene rings is 1. The van der Waals surface area contributed by atoms with Gasteiger partial charge in [-0.05, 0) is 48.1 Å². The molecule has 1 amide bonds. The standard InChI is InChI=1S/C16H25BrN2O3S/c1-16(2,3)22-15(20)19(12-14-13(17)4-11-23-14)6-5-18-7-9-21-10-8-18/h4,11H,5-10,12H2,1-3H3. The first-order chi connectivity index (χ1) is 10.8. The zero-order chi connectivity index (χ0) is 16.9. The summed E-state index contributed by atoms with van der Waals surface area (Å²) in [6, 6.07) is 2.01. The highest BCUT2D eigenvalue weighted by Crippen LogP contribution is 2.25. The number of carbonyl (C=O) groups excluding carboxylic acids is 1. The molecule has 0 N–H and O–H groups in total. The highest BCUT2D eigenvalue weighted by molar-refractivity contribution is 9.10. The van der Waals surface area contributed by atoms with Gasteiger partial charge in [0.1, 0.15) is 5.60 Å². The third-order valence-corrected chi connectivity index (χ3v) is 5.38. The molecular formula is C16H25BrN2O3S. The van der Waals surface area contributed by atoms with Crippen LogP contribution in [0.3, 0.4) is 0 Å². The summed E-state index contributed by atoms with van der Waals surface area (Å²) < 4.78 is 12.0. The highest BCUT2D eigenvalue weighted by Gasteiger charge is 2.24. The van der Waals surface area contributed by atoms with Gasteiger partial charge in [-0.2, -0.15) is 0 Å². The number of ether oxygens (including phenoxy) is 2. The van der Waals surface area contributed by atoms with Gasteiger partial charge in [0.15, 0.2) is 0 Å². The summed E-state index contributed by atoms with van der Waals surface area (Å²) in [5.74, 6) is 0. The molecule has 0 aromatic carbocycles. The summed E-state index contributed by atoms with van der Waals surface area (Å²) in [5, 5.41) is 2.02. The van der Waals surface area contributed by atoms with E-state index in [1.54, 1.807) is 16.2 Å². The molecular weight excluding hydrogens is 380 g/mol. The van der Waals surface area contributed by atoms with Crippen molar-refractivity contribution in [3.8, 4) is 0 Å². The van der Waals surface area contributed by atoms with Gasteiger partial charge < -0.3 is 14.4 Å². The van der Waals surface area contributed by atoms with Crippen molar-refractivity contribution in [2.75, 3.05) is 39.4 Å². The normalized spacial score (nSPS) is 16.3. The molecule has 1 aromatic heterocycles. The second-order valence-electron chi connectivity index (χ2n) is 6.55. The fourth-order valence-electron chi connectivity index (χ4n) is 2.26. The zero-order valence-corrected chi connectivity index (χ0v) is 16.4. The summed E-state index contributed by atoms with van der Waals surface area (Å²) in [6.07, 6.45) is -0.258. The molecule has 0 saturated carbocycles. The van der Waals surface area contributed by atoms with Crippen LogP contribution in [0, 0.1) is 0 Å². The van der Waals surface area contributed by atoms with Gasteiger partial charge >= 0.3 is 6.09 Å². The van der Waals surface area contributed by atoms with Gasteiger partial charge in [0.25, 0.3) is 0 Å². The van der Waals surface area contributed by atoms with Gasteiger partial charge in [-0.1, -0.05) is 0 Å². The van der Waals surface area contributed by atoms with Crippen molar-refractivity contribution < 1.29 is 14.3 Å². The number of halogens is 1. The van der Waals surface area contributed by atoms with E-state index in [1.165, 1.54) is 0 Å². The van der Waals surface area contributed by atoms with Crippen LogP contribution in [0.1, 0.15) is 25.6 Å². The molecule has 0 atom stereocenters. The molecule has 1 fully saturated rings. The molecule has 130 valence electrons. The van der Waals surface area contributed by atoms with Gasteiger partial charge in [0.05, 0.1) is 19.8 Å². The molecule has 0 aliphatic carbocycles. The van der Waals surface area contributed by atoms with E-state index in [4.69, 9.17) is 9.47 Å². The molecule has 0 bridgehead atoms. The smallest absolute Gasteiger partial charge is 0.410 e. The van der Waals surface area contributed by atoms with Crippen LogP contribution in [-0.2, 0) is 16.0 Å². The largest absolute Gasteiger partial charge is 0.444 e. The Labute approximate surface area is 150 Å². The Morgan fingerprint density at radius 3 is 2.70 bits per heavy atom. The summed E-state index contributed by atoms with van der Waals surface area (Å²) >= 11 is 5.18. The average molecular weight is 405 g/mol. The second kappa shape index (κ2) is 8.46. The first-order valence-electron chi connectivity index (χ1n) is 7.85. The lowest BCUT2D eigenvalue weighted by Gasteiger charge is -2.31. The Kier molecular flexibility index (Phi) is 6.88. The Morgan fingerprint density at radius 2 is 2.13 bits per heavy atom. The van der Waals surface area contributed by atoms with Crippen molar-refractivity contribution in [2.24, 2.45) is 0 Å². The van der Waals surface area contributed by atoms with Crippen molar-refractivity contribution >= 4 is 33.4 Å². The van der Waals surface area contributed by atoms with Crippen LogP contribution in [0.4, 0.5) is 4.79 Å². The number of amides is 1. The third-order valence-electron chi connectivity index (χ3n) is 3.47. The molecule has 5 nitrogen and oxygen atoms in total. The number of hydrogen-bond acceptors (Lipinski definition) is 5. The van der Waals surface area contributed by atoms with Gasteiger partial charge in [0, 0.05) is 35.5 Å². The van der Waals surface area contributed by atoms with E-state index in [0.29, 0.717) is 13.1 Å². The van der Waals surface area contributed by atoms with Gasteiger partial charge in [-0.15, -0.1) is 11.3 Å². The monoisotopic (exact) mass is 404 g/mol. The number of nitrogens with zero attached hydrogens (tertiary/aromatic N) is 2. The number of rotatable bonds is 5. The van der Waals surface area contributed by atoms with Crippen molar-refractivity contribution in [3.63, 3.8) is 0 Å². The lowest BCUT2D eigenvalue weighted by molar-refractivity contribution is 0.0131. The van der Waals surface area contributed by atoms with E-state index in [9.17, 15) is 4.79 Å². The lowest BCUT2D eigenvalue weighted by Crippen LogP contribution is -2.44. The van der Waals surface area contributed by atoms with E-state index < -0.39 is 5.60 Å². The SMILES string of the molecule is CC(C)(C)OC(=O)N(CCN1CCOCC1)Cc1sccc1Br. The van der Waals surface area contributed by atoms with Crippen LogP contribution in [0.15, 0.2) is 15.9 Å². The fraction of sp³-hybridized carbons (Fsp3) is 0.688. The Balaban J connectivity index is 1.98. The predicted octanol–water partition coefficient (Wildman–Crippen LogP) is 3.58. The molecule has 2 rings (SSSR count). The molecule has 23 heavy (non-hydrogen) atoms. The van der Waals surface area contributed by atoms with Crippen LogP contribution in [-0.4, -0.2) is 60.9 Å². The minimum atomic E-state index is -0.485. The molecule has 7 heteroatoms.